The standard InChI is InChI=1S/C17H16Cl2FN5O.C11H14Cl2N2O.C8H17NO2.C7H4Cl2O/c1-10(26)25(9-11-6-12(18)8-13(19)7-11)5-4-21-17-22-14-2-3-15(20)23-16(14)24-17;1-8(16)15(3-2-14)7-9-4-10(12)6-11(13)5-9;1-8(2,3)11-7(10)5-4-6-9;8-6-1-5(4-10)2-7(9)3-6/h2-3,6-8H,4-5,9H2,1H3,(H2,21,22,23,24);4-6H,2-3,7,14H2,1H3;4-6,9H2,1-3H3;1-4H. The summed E-state index contributed by atoms with van der Waals surface area (Å²) in [7, 11) is 0. The molecule has 0 aliphatic carbocycles. The van der Waals surface area contributed by atoms with E-state index in [1.807, 2.05) is 20.8 Å². The number of aromatic nitrogens is 3. The molecule has 0 bridgehead atoms. The number of esters is 1. The van der Waals surface area contributed by atoms with Gasteiger partial charge in [-0.25, -0.2) is 0 Å². The molecule has 0 aliphatic rings. The van der Waals surface area contributed by atoms with Gasteiger partial charge in [-0.05, 0) is 112 Å². The summed E-state index contributed by atoms with van der Waals surface area (Å²) < 4.78 is 18.2. The number of anilines is 1. The molecule has 20 heteroatoms. The van der Waals surface area contributed by atoms with Crippen molar-refractivity contribution in [2.45, 2.75) is 66.2 Å². The number of aldehydes is 1. The molecule has 0 unspecified atom stereocenters. The van der Waals surface area contributed by atoms with Gasteiger partial charge in [0.05, 0.1) is 5.52 Å². The summed E-state index contributed by atoms with van der Waals surface area (Å²) in [6.07, 6.45) is 1.83. The van der Waals surface area contributed by atoms with E-state index < -0.39 is 5.95 Å². The van der Waals surface area contributed by atoms with E-state index in [0.29, 0.717) is 118 Å². The average Bonchev–Trinajstić information content (AvgIpc) is 3.57. The number of nitrogens with two attached hydrogens (primary N) is 2. The Hall–Kier alpha value is -4.25. The average molecular weight is 992 g/mol. The number of imidazole rings is 1. The SMILES string of the molecule is CC(=O)N(CCN)Cc1cc(Cl)cc(Cl)c1.CC(=O)N(CCNc1nc2nc(F)ccc2[nH]1)Cc1cc(Cl)cc(Cl)c1.CC(C)(C)OC(=O)CCCN.O=Cc1cc(Cl)cc(Cl)c1. The Balaban J connectivity index is 0.000000315. The van der Waals surface area contributed by atoms with Crippen molar-refractivity contribution in [2.75, 3.05) is 38.0 Å². The van der Waals surface area contributed by atoms with E-state index in [9.17, 15) is 23.6 Å². The topological polar surface area (TPSA) is 190 Å². The Morgan fingerprint density at radius 3 is 1.65 bits per heavy atom. The number of ether oxygens (including phenoxy) is 1. The zero-order valence-electron chi connectivity index (χ0n) is 35.4. The molecular formula is C43H51Cl6FN8O5. The number of aromatic amines is 1. The quantitative estimate of drug-likeness (QED) is 0.0473. The van der Waals surface area contributed by atoms with Crippen molar-refractivity contribution in [1.29, 1.82) is 0 Å². The Morgan fingerprint density at radius 2 is 1.22 bits per heavy atom. The van der Waals surface area contributed by atoms with Crippen LogP contribution in [-0.4, -0.2) is 87.1 Å². The molecule has 0 saturated heterocycles. The van der Waals surface area contributed by atoms with Crippen LogP contribution in [-0.2, 0) is 32.2 Å². The predicted molar refractivity (Wildman–Crippen MR) is 252 cm³/mol. The highest BCUT2D eigenvalue weighted by molar-refractivity contribution is 6.35. The van der Waals surface area contributed by atoms with E-state index in [2.05, 4.69) is 20.3 Å². The number of H-pyrrole nitrogens is 1. The minimum atomic E-state index is -0.585. The Bertz CT molecular complexity index is 2220. The lowest BCUT2D eigenvalue weighted by Gasteiger charge is -2.21. The van der Waals surface area contributed by atoms with Crippen LogP contribution in [0.5, 0.6) is 0 Å². The van der Waals surface area contributed by atoms with Crippen molar-refractivity contribution in [3.8, 4) is 0 Å². The molecule has 0 atom stereocenters. The fourth-order valence-corrected chi connectivity index (χ4v) is 6.93. The normalized spacial score (nSPS) is 10.6. The number of nitrogens with one attached hydrogen (secondary N) is 2. The summed E-state index contributed by atoms with van der Waals surface area (Å²) in [5.74, 6) is -0.369. The zero-order valence-corrected chi connectivity index (χ0v) is 40.0. The number of hydrogen-bond acceptors (Lipinski definition) is 10. The molecule has 2 heterocycles. The molecule has 0 aliphatic heterocycles. The van der Waals surface area contributed by atoms with Gasteiger partial charge < -0.3 is 36.3 Å². The number of carbonyl (C=O) groups excluding carboxylic acids is 4. The molecule has 63 heavy (non-hydrogen) atoms. The molecular weight excluding hydrogens is 940 g/mol. The highest BCUT2D eigenvalue weighted by Gasteiger charge is 2.15. The van der Waals surface area contributed by atoms with E-state index in [1.54, 1.807) is 70.5 Å². The summed E-state index contributed by atoms with van der Waals surface area (Å²) >= 11 is 34.9. The number of benzene rings is 3. The molecule has 2 aromatic heterocycles. The summed E-state index contributed by atoms with van der Waals surface area (Å²) in [6.45, 7) is 11.9. The second-order valence-electron chi connectivity index (χ2n) is 14.5. The van der Waals surface area contributed by atoms with Gasteiger partial charge in [-0.3, -0.25) is 19.2 Å². The lowest BCUT2D eigenvalue weighted by Crippen LogP contribution is -2.33. The Kier molecular flexibility index (Phi) is 24.2. The predicted octanol–water partition coefficient (Wildman–Crippen LogP) is 10.0. The van der Waals surface area contributed by atoms with Crippen LogP contribution in [0.4, 0.5) is 10.3 Å². The van der Waals surface area contributed by atoms with Crippen LogP contribution >= 0.6 is 69.6 Å². The number of amides is 2. The summed E-state index contributed by atoms with van der Waals surface area (Å²) in [5, 5.41) is 6.22. The number of nitrogens with zero attached hydrogens (tertiary/aromatic N) is 4. The smallest absolute Gasteiger partial charge is 0.306 e. The summed E-state index contributed by atoms with van der Waals surface area (Å²) in [6, 6.07) is 18.0. The van der Waals surface area contributed by atoms with Gasteiger partial charge in [0.2, 0.25) is 23.7 Å². The number of halogens is 7. The second-order valence-corrected chi connectivity index (χ2v) is 17.2. The first-order chi connectivity index (χ1) is 29.6. The summed E-state index contributed by atoms with van der Waals surface area (Å²) in [4.78, 5) is 58.5. The molecule has 5 rings (SSSR count). The van der Waals surface area contributed by atoms with Gasteiger partial charge in [-0.1, -0.05) is 69.6 Å². The zero-order chi connectivity index (χ0) is 47.3. The first kappa shape index (κ1) is 54.9. The molecule has 0 radical (unpaired) electrons. The number of pyridine rings is 1. The van der Waals surface area contributed by atoms with Gasteiger partial charge in [-0.2, -0.15) is 14.4 Å². The van der Waals surface area contributed by atoms with Crippen LogP contribution in [0.2, 0.25) is 30.1 Å². The minimum Gasteiger partial charge on any atom is -0.460 e. The molecule has 342 valence electrons. The van der Waals surface area contributed by atoms with E-state index >= 15 is 0 Å². The van der Waals surface area contributed by atoms with Crippen LogP contribution in [0.1, 0.15) is 68.9 Å². The molecule has 13 nitrogen and oxygen atoms in total. The number of hydrogen-bond donors (Lipinski definition) is 4. The van der Waals surface area contributed by atoms with Crippen molar-refractivity contribution in [1.82, 2.24) is 24.8 Å². The third kappa shape index (κ3) is 22.8. The maximum absolute atomic E-state index is 13.1. The van der Waals surface area contributed by atoms with Crippen LogP contribution < -0.4 is 16.8 Å². The van der Waals surface area contributed by atoms with Gasteiger partial charge in [-0.15, -0.1) is 0 Å². The lowest BCUT2D eigenvalue weighted by molar-refractivity contribution is -0.154. The van der Waals surface area contributed by atoms with E-state index in [-0.39, 0.29) is 23.4 Å². The fourth-order valence-electron chi connectivity index (χ4n) is 5.24. The largest absolute Gasteiger partial charge is 0.460 e. The van der Waals surface area contributed by atoms with E-state index in [1.165, 1.54) is 19.9 Å². The van der Waals surface area contributed by atoms with Crippen molar-refractivity contribution < 1.29 is 28.3 Å². The van der Waals surface area contributed by atoms with E-state index in [0.717, 1.165) is 11.1 Å². The molecule has 5 aromatic rings. The molecule has 2 amide bonds. The van der Waals surface area contributed by atoms with Crippen molar-refractivity contribution in [3.63, 3.8) is 0 Å². The highest BCUT2D eigenvalue weighted by atomic mass is 35.5. The monoisotopic (exact) mass is 988 g/mol. The van der Waals surface area contributed by atoms with Crippen molar-refractivity contribution >= 4 is 111 Å². The van der Waals surface area contributed by atoms with Crippen LogP contribution in [0.3, 0.4) is 0 Å². The van der Waals surface area contributed by atoms with E-state index in [4.69, 9.17) is 85.8 Å². The van der Waals surface area contributed by atoms with Gasteiger partial charge in [0.15, 0.2) is 5.65 Å². The molecule has 3 aromatic carbocycles. The first-order valence-corrected chi connectivity index (χ1v) is 21.6. The van der Waals surface area contributed by atoms with Crippen LogP contribution in [0.25, 0.3) is 11.2 Å². The summed E-state index contributed by atoms with van der Waals surface area (Å²) in [5.41, 5.74) is 13.5. The molecule has 6 N–H and O–H groups in total. The molecule has 0 fully saturated rings. The van der Waals surface area contributed by atoms with Crippen molar-refractivity contribution in [2.24, 2.45) is 11.5 Å². The van der Waals surface area contributed by atoms with Gasteiger partial charge in [0, 0.05) is 95.2 Å². The second kappa shape index (κ2) is 27.8. The maximum atomic E-state index is 13.1. The van der Waals surface area contributed by atoms with Crippen LogP contribution in [0, 0.1) is 5.95 Å². The maximum Gasteiger partial charge on any atom is 0.306 e. The third-order valence-electron chi connectivity index (χ3n) is 7.89. The Morgan fingerprint density at radius 1 is 0.746 bits per heavy atom. The number of rotatable bonds is 14. The van der Waals surface area contributed by atoms with Crippen LogP contribution in [0.15, 0.2) is 66.7 Å². The third-order valence-corrected chi connectivity index (χ3v) is 9.20. The van der Waals surface area contributed by atoms with Gasteiger partial charge in [0.1, 0.15) is 11.9 Å². The lowest BCUT2D eigenvalue weighted by atomic mass is 10.2. The molecule has 0 saturated carbocycles. The fraction of sp³-hybridized carbons (Fsp3) is 0.349. The minimum absolute atomic E-state index is 0.0125. The first-order valence-electron chi connectivity index (χ1n) is 19.3. The highest BCUT2D eigenvalue weighted by Crippen LogP contribution is 2.22. The number of carbonyl (C=O) groups is 4. The Labute approximate surface area is 396 Å². The molecule has 0 spiro atoms. The van der Waals surface area contributed by atoms with Gasteiger partial charge in [0.25, 0.3) is 0 Å². The van der Waals surface area contributed by atoms with Gasteiger partial charge >= 0.3 is 5.97 Å². The van der Waals surface area contributed by atoms with Crippen molar-refractivity contribution in [3.05, 3.63) is 120 Å². The number of fused-ring (bicyclic) bond motifs is 1.